The summed E-state index contributed by atoms with van der Waals surface area (Å²) in [7, 11) is 0. The molecule has 4 nitrogen and oxygen atoms in total. The lowest BCUT2D eigenvalue weighted by molar-refractivity contribution is 1.12. The maximum absolute atomic E-state index is 4.21. The molecule has 262 valence electrons. The maximum atomic E-state index is 4.21. The smallest absolute Gasteiger partial charge is 0.0270 e. The average molecular weight is 755 g/mol. The number of aromatic nitrogens is 4. The molecule has 0 aliphatic rings. The van der Waals surface area contributed by atoms with Crippen LogP contribution in [-0.4, -0.2) is 42.9 Å². The van der Waals surface area contributed by atoms with Crippen LogP contribution in [0.4, 0.5) is 0 Å². The predicted molar refractivity (Wildman–Crippen MR) is 226 cm³/mol. The molecule has 4 heterocycles. The standard InChI is InChI=1S/C44H42N4S4/c1-31-37-27-41(49-23-11-33-3-15-45-16-4-33)43(51-25-13-35-7-19-47-20-8-35)29-39(37)32(2)40-30-44(52-26-14-36-9-21-48-22-10-36)42(28-38(31)40)50-24-12-34-5-17-46-18-6-34/h3-10,15-22,27-30H,11-14,23-26H2,1-2H3. The molecule has 0 atom stereocenters. The van der Waals surface area contributed by atoms with Crippen LogP contribution in [0.15, 0.2) is 142 Å². The van der Waals surface area contributed by atoms with Crippen LogP contribution in [0.1, 0.15) is 33.4 Å². The van der Waals surface area contributed by atoms with E-state index in [1.807, 2.05) is 96.6 Å². The van der Waals surface area contributed by atoms with Gasteiger partial charge < -0.3 is 0 Å². The van der Waals surface area contributed by atoms with Crippen molar-refractivity contribution in [1.82, 2.24) is 19.9 Å². The number of aryl methyl sites for hydroxylation is 6. The van der Waals surface area contributed by atoms with Crippen molar-refractivity contribution in [2.24, 2.45) is 0 Å². The molecule has 0 radical (unpaired) electrons. The predicted octanol–water partition coefficient (Wildman–Crippen LogP) is 11.5. The van der Waals surface area contributed by atoms with Crippen molar-refractivity contribution in [2.45, 2.75) is 59.1 Å². The minimum atomic E-state index is 1.02. The fourth-order valence-electron chi connectivity index (χ4n) is 6.42. The molecule has 0 fully saturated rings. The van der Waals surface area contributed by atoms with Gasteiger partial charge in [-0.15, -0.1) is 47.0 Å². The summed E-state index contributed by atoms with van der Waals surface area (Å²) in [5.41, 5.74) is 8.05. The third-order valence-electron chi connectivity index (χ3n) is 9.37. The molecule has 7 aromatic rings. The summed E-state index contributed by atoms with van der Waals surface area (Å²) in [6.07, 6.45) is 19.2. The van der Waals surface area contributed by atoms with Gasteiger partial charge in [-0.2, -0.15) is 0 Å². The number of hydrogen-bond acceptors (Lipinski definition) is 8. The highest BCUT2D eigenvalue weighted by Crippen LogP contribution is 2.43. The SMILES string of the molecule is Cc1c2cc(SCCc3ccncc3)c(SCCc3ccncc3)cc2c(C)c2cc(SCCc3ccncc3)c(SCCc3ccncc3)cc12. The highest BCUT2D eigenvalue weighted by Gasteiger charge is 2.17. The van der Waals surface area contributed by atoms with Crippen LogP contribution in [0.5, 0.6) is 0 Å². The fraction of sp³-hybridized carbons (Fsp3) is 0.227. The average Bonchev–Trinajstić information content (AvgIpc) is 3.19. The second-order valence-electron chi connectivity index (χ2n) is 12.8. The number of fused-ring (bicyclic) bond motifs is 2. The molecule has 0 amide bonds. The number of thioether (sulfide) groups is 4. The molecule has 0 N–H and O–H groups in total. The second kappa shape index (κ2) is 18.3. The van der Waals surface area contributed by atoms with Crippen LogP contribution in [-0.2, 0) is 25.7 Å². The first kappa shape index (κ1) is 36.5. The lowest BCUT2D eigenvalue weighted by Crippen LogP contribution is -1.96. The van der Waals surface area contributed by atoms with Crippen LogP contribution in [0.2, 0.25) is 0 Å². The van der Waals surface area contributed by atoms with Gasteiger partial charge >= 0.3 is 0 Å². The number of rotatable bonds is 16. The first-order chi connectivity index (χ1) is 25.6. The molecule has 0 unspecified atom stereocenters. The van der Waals surface area contributed by atoms with E-state index in [-0.39, 0.29) is 0 Å². The molecule has 0 bridgehead atoms. The molecule has 0 spiro atoms. The fourth-order valence-corrected chi connectivity index (χ4v) is 11.0. The number of pyridine rings is 4. The summed E-state index contributed by atoms with van der Waals surface area (Å²) in [6, 6.07) is 27.0. The summed E-state index contributed by atoms with van der Waals surface area (Å²) in [5.74, 6) is 4.10. The van der Waals surface area contributed by atoms with E-state index in [1.54, 1.807) is 0 Å². The largest absolute Gasteiger partial charge is 0.265 e. The zero-order valence-corrected chi connectivity index (χ0v) is 32.9. The van der Waals surface area contributed by atoms with Gasteiger partial charge in [-0.25, -0.2) is 0 Å². The van der Waals surface area contributed by atoms with Gasteiger partial charge in [-0.3, -0.25) is 19.9 Å². The number of hydrogen-bond donors (Lipinski definition) is 0. The quantitative estimate of drug-likeness (QED) is 0.0714. The Labute approximate surface area is 324 Å². The Hall–Kier alpha value is -3.82. The van der Waals surface area contributed by atoms with Crippen LogP contribution in [0.25, 0.3) is 21.5 Å². The molecular formula is C44H42N4S4. The first-order valence-corrected chi connectivity index (χ1v) is 21.7. The molecular weight excluding hydrogens is 713 g/mol. The maximum Gasteiger partial charge on any atom is 0.0270 e. The first-order valence-electron chi connectivity index (χ1n) is 17.7. The Kier molecular flexibility index (Phi) is 12.8. The number of nitrogens with zero attached hydrogens (tertiary/aromatic N) is 4. The van der Waals surface area contributed by atoms with Gasteiger partial charge in [-0.1, -0.05) is 0 Å². The van der Waals surface area contributed by atoms with Gasteiger partial charge in [-0.05, 0) is 167 Å². The van der Waals surface area contributed by atoms with E-state index in [1.165, 1.54) is 74.5 Å². The minimum Gasteiger partial charge on any atom is -0.265 e. The normalized spacial score (nSPS) is 11.4. The van der Waals surface area contributed by atoms with E-state index in [2.05, 4.69) is 107 Å². The van der Waals surface area contributed by atoms with Gasteiger partial charge in [0.25, 0.3) is 0 Å². The van der Waals surface area contributed by atoms with Gasteiger partial charge in [0.15, 0.2) is 0 Å². The molecule has 0 aliphatic carbocycles. The summed E-state index contributed by atoms with van der Waals surface area (Å²) >= 11 is 7.91. The van der Waals surface area contributed by atoms with Crippen molar-refractivity contribution in [2.75, 3.05) is 23.0 Å². The van der Waals surface area contributed by atoms with Crippen LogP contribution >= 0.6 is 47.0 Å². The van der Waals surface area contributed by atoms with Crippen molar-refractivity contribution in [3.05, 3.63) is 156 Å². The third kappa shape index (κ3) is 9.39. The monoisotopic (exact) mass is 754 g/mol. The van der Waals surface area contributed by atoms with Crippen molar-refractivity contribution in [3.63, 3.8) is 0 Å². The van der Waals surface area contributed by atoms with Gasteiger partial charge in [0, 0.05) is 92.2 Å². The minimum absolute atomic E-state index is 1.02. The Morgan fingerprint density at radius 3 is 0.769 bits per heavy atom. The summed E-state index contributed by atoms with van der Waals surface area (Å²) in [6.45, 7) is 4.65. The Bertz CT molecular complexity index is 1900. The number of benzene rings is 3. The summed E-state index contributed by atoms with van der Waals surface area (Å²) in [5, 5.41) is 5.45. The van der Waals surface area contributed by atoms with E-state index in [0.717, 1.165) is 48.7 Å². The van der Waals surface area contributed by atoms with Crippen molar-refractivity contribution in [3.8, 4) is 0 Å². The molecule has 7 rings (SSSR count). The molecule has 0 aliphatic heterocycles. The van der Waals surface area contributed by atoms with Crippen LogP contribution in [0, 0.1) is 13.8 Å². The Morgan fingerprint density at radius 1 is 0.346 bits per heavy atom. The van der Waals surface area contributed by atoms with E-state index in [9.17, 15) is 0 Å². The molecule has 52 heavy (non-hydrogen) atoms. The van der Waals surface area contributed by atoms with E-state index in [0.29, 0.717) is 0 Å². The van der Waals surface area contributed by atoms with Gasteiger partial charge in [0.1, 0.15) is 0 Å². The van der Waals surface area contributed by atoms with E-state index < -0.39 is 0 Å². The molecule has 3 aromatic carbocycles. The molecule has 0 saturated heterocycles. The molecule has 4 aromatic heterocycles. The summed E-state index contributed by atoms with van der Waals surface area (Å²) in [4.78, 5) is 22.3. The van der Waals surface area contributed by atoms with Crippen LogP contribution < -0.4 is 0 Å². The zero-order chi connectivity index (χ0) is 35.5. The van der Waals surface area contributed by atoms with Crippen molar-refractivity contribution in [1.29, 1.82) is 0 Å². The molecule has 8 heteroatoms. The van der Waals surface area contributed by atoms with E-state index >= 15 is 0 Å². The second-order valence-corrected chi connectivity index (χ2v) is 17.3. The third-order valence-corrected chi connectivity index (χ3v) is 13.9. The van der Waals surface area contributed by atoms with Crippen molar-refractivity contribution < 1.29 is 0 Å². The Balaban J connectivity index is 1.23. The topological polar surface area (TPSA) is 51.6 Å². The Morgan fingerprint density at radius 2 is 0.558 bits per heavy atom. The van der Waals surface area contributed by atoms with Crippen molar-refractivity contribution >= 4 is 68.6 Å². The van der Waals surface area contributed by atoms with Gasteiger partial charge in [0.05, 0.1) is 0 Å². The van der Waals surface area contributed by atoms with E-state index in [4.69, 9.17) is 0 Å². The lowest BCUT2D eigenvalue weighted by Gasteiger charge is -2.19. The highest BCUT2D eigenvalue weighted by molar-refractivity contribution is 8.02. The zero-order valence-electron chi connectivity index (χ0n) is 29.6. The molecule has 0 saturated carbocycles. The summed E-state index contributed by atoms with van der Waals surface area (Å²) < 4.78 is 0. The highest BCUT2D eigenvalue weighted by atomic mass is 32.2. The lowest BCUT2D eigenvalue weighted by atomic mass is 9.93. The van der Waals surface area contributed by atoms with Crippen LogP contribution in [0.3, 0.4) is 0 Å². The van der Waals surface area contributed by atoms with Gasteiger partial charge in [0.2, 0.25) is 0 Å².